The number of thiazole rings is 1. The molecule has 1 aliphatic rings. The molecule has 1 fully saturated rings. The Morgan fingerprint density at radius 2 is 1.71 bits per heavy atom. The van der Waals surface area contributed by atoms with Gasteiger partial charge in [0.15, 0.2) is 0 Å². The summed E-state index contributed by atoms with van der Waals surface area (Å²) >= 11 is 1.44. The minimum Gasteiger partial charge on any atom is -0.497 e. The molecule has 0 radical (unpaired) electrons. The number of nitrogens with zero attached hydrogens (tertiary/aromatic N) is 6. The molecular formula is C29H24N6O2S. The van der Waals surface area contributed by atoms with E-state index in [9.17, 15) is 10.1 Å². The number of pyridine rings is 1. The van der Waals surface area contributed by atoms with Gasteiger partial charge in [0.2, 0.25) is 0 Å². The summed E-state index contributed by atoms with van der Waals surface area (Å²) < 4.78 is 7.80. The first-order chi connectivity index (χ1) is 18.6. The molecule has 2 aromatic carbocycles. The number of methoxy groups -OCH3 is 1. The predicted octanol–water partition coefficient (Wildman–Crippen LogP) is 4.70. The normalized spacial score (nSPS) is 14.2. The third-order valence-corrected chi connectivity index (χ3v) is 7.77. The molecule has 188 valence electrons. The molecule has 0 atom stereocenters. The number of anilines is 2. The molecule has 1 saturated heterocycles. The van der Waals surface area contributed by atoms with Gasteiger partial charge in [0.1, 0.15) is 28.3 Å². The smallest absolute Gasteiger partial charge is 0.267 e. The molecule has 0 aliphatic carbocycles. The second kappa shape index (κ2) is 10.00. The lowest BCUT2D eigenvalue weighted by molar-refractivity contribution is 0.415. The maximum atomic E-state index is 13.7. The van der Waals surface area contributed by atoms with Crippen LogP contribution in [0, 0.1) is 11.3 Å². The van der Waals surface area contributed by atoms with Crippen LogP contribution in [0.5, 0.6) is 5.75 Å². The van der Waals surface area contributed by atoms with Gasteiger partial charge >= 0.3 is 0 Å². The Morgan fingerprint density at radius 3 is 2.45 bits per heavy atom. The summed E-state index contributed by atoms with van der Waals surface area (Å²) in [6.45, 7) is 2.92. The first-order valence-corrected chi connectivity index (χ1v) is 13.1. The van der Waals surface area contributed by atoms with E-state index in [0.717, 1.165) is 34.7 Å². The Bertz CT molecular complexity index is 1730. The first kappa shape index (κ1) is 23.7. The second-order valence-corrected chi connectivity index (χ2v) is 9.94. The second-order valence-electron chi connectivity index (χ2n) is 8.91. The third kappa shape index (κ3) is 4.35. The molecule has 9 heteroatoms. The number of nitriles is 1. The molecule has 0 spiro atoms. The van der Waals surface area contributed by atoms with Crippen molar-refractivity contribution in [3.05, 3.63) is 93.9 Å². The number of ether oxygens (including phenoxy) is 1. The van der Waals surface area contributed by atoms with Crippen LogP contribution in [0.3, 0.4) is 0 Å². The highest BCUT2D eigenvalue weighted by Gasteiger charge is 2.23. The molecule has 6 rings (SSSR count). The van der Waals surface area contributed by atoms with Gasteiger partial charge in [-0.3, -0.25) is 9.20 Å². The Morgan fingerprint density at radius 1 is 0.974 bits per heavy atom. The summed E-state index contributed by atoms with van der Waals surface area (Å²) in [6, 6.07) is 23.6. The minimum absolute atomic E-state index is 0.211. The first-order valence-electron chi connectivity index (χ1n) is 12.3. The summed E-state index contributed by atoms with van der Waals surface area (Å²) in [7, 11) is 1.66. The molecule has 8 nitrogen and oxygen atoms in total. The maximum Gasteiger partial charge on any atom is 0.267 e. The molecule has 0 N–H and O–H groups in total. The average molecular weight is 521 g/mol. The van der Waals surface area contributed by atoms with Crippen LogP contribution in [-0.4, -0.2) is 47.7 Å². The van der Waals surface area contributed by atoms with Crippen LogP contribution >= 0.6 is 11.3 Å². The summed E-state index contributed by atoms with van der Waals surface area (Å²) in [5, 5.41) is 10.6. The summed E-state index contributed by atoms with van der Waals surface area (Å²) in [4.78, 5) is 27.7. The zero-order chi connectivity index (χ0) is 26.1. The minimum atomic E-state index is -0.211. The van der Waals surface area contributed by atoms with Crippen molar-refractivity contribution >= 4 is 50.4 Å². The highest BCUT2D eigenvalue weighted by Crippen LogP contribution is 2.30. The number of rotatable bonds is 5. The molecule has 1 aliphatic heterocycles. The van der Waals surface area contributed by atoms with Crippen molar-refractivity contribution in [2.45, 2.75) is 0 Å². The number of benzene rings is 2. The molecule has 0 bridgehead atoms. The highest BCUT2D eigenvalue weighted by atomic mass is 32.1. The maximum absolute atomic E-state index is 13.7. The number of para-hydroxylation sites is 1. The Kier molecular flexibility index (Phi) is 6.23. The van der Waals surface area contributed by atoms with Crippen molar-refractivity contribution in [1.82, 2.24) is 14.4 Å². The van der Waals surface area contributed by atoms with E-state index in [0.29, 0.717) is 40.7 Å². The van der Waals surface area contributed by atoms with E-state index in [-0.39, 0.29) is 5.56 Å². The fraction of sp³-hybridized carbons (Fsp3) is 0.172. The van der Waals surface area contributed by atoms with Crippen molar-refractivity contribution in [2.24, 2.45) is 0 Å². The van der Waals surface area contributed by atoms with Gasteiger partial charge < -0.3 is 14.5 Å². The average Bonchev–Trinajstić information content (AvgIpc) is 3.41. The van der Waals surface area contributed by atoms with E-state index >= 15 is 0 Å². The fourth-order valence-electron chi connectivity index (χ4n) is 4.70. The zero-order valence-electron chi connectivity index (χ0n) is 20.7. The van der Waals surface area contributed by atoms with Gasteiger partial charge in [0.05, 0.1) is 28.5 Å². The van der Waals surface area contributed by atoms with Gasteiger partial charge in [-0.2, -0.15) is 5.26 Å². The van der Waals surface area contributed by atoms with Gasteiger partial charge in [0.25, 0.3) is 5.56 Å². The monoisotopic (exact) mass is 520 g/mol. The number of piperazine rings is 1. The molecule has 4 heterocycles. The Labute approximate surface area is 223 Å². The fourth-order valence-corrected chi connectivity index (χ4v) is 5.63. The Balaban J connectivity index is 1.38. The molecule has 0 saturated carbocycles. The van der Waals surface area contributed by atoms with Crippen molar-refractivity contribution in [2.75, 3.05) is 43.1 Å². The topological polar surface area (TPSA) is 86.8 Å². The van der Waals surface area contributed by atoms with E-state index in [1.807, 2.05) is 48.5 Å². The van der Waals surface area contributed by atoms with Crippen LogP contribution < -0.4 is 20.1 Å². The SMILES string of the molecule is COc1ccc(N2CCN(c3nc4ccccn4c(=O)c3/C=C(\C#N)c3nc4ccccc4s3)CC2)cc1. The largest absolute Gasteiger partial charge is 0.497 e. The van der Waals surface area contributed by atoms with Gasteiger partial charge in [-0.15, -0.1) is 11.3 Å². The molecule has 5 aromatic rings. The predicted molar refractivity (Wildman–Crippen MR) is 152 cm³/mol. The van der Waals surface area contributed by atoms with Crippen molar-refractivity contribution in [3.8, 4) is 11.8 Å². The van der Waals surface area contributed by atoms with Crippen LogP contribution in [-0.2, 0) is 0 Å². The van der Waals surface area contributed by atoms with E-state index in [2.05, 4.69) is 33.0 Å². The standard InChI is InChI=1S/C29H24N6O2S/c1-37-22-11-9-21(10-12-22)33-14-16-34(17-15-33)27-23(29(36)35-13-5-4-8-26(35)32-27)18-20(19-30)28-31-24-6-2-3-7-25(24)38-28/h2-13,18H,14-17H2,1H3/b20-18+. The summed E-state index contributed by atoms with van der Waals surface area (Å²) in [6.07, 6.45) is 3.36. The number of aromatic nitrogens is 3. The van der Waals surface area contributed by atoms with Gasteiger partial charge in [-0.05, 0) is 54.6 Å². The van der Waals surface area contributed by atoms with Crippen LogP contribution in [0.4, 0.5) is 11.5 Å². The number of fused-ring (bicyclic) bond motifs is 2. The van der Waals surface area contributed by atoms with Crippen LogP contribution in [0.1, 0.15) is 10.6 Å². The van der Waals surface area contributed by atoms with Gasteiger partial charge in [-0.25, -0.2) is 9.97 Å². The lowest BCUT2D eigenvalue weighted by Gasteiger charge is -2.37. The zero-order valence-corrected chi connectivity index (χ0v) is 21.6. The van der Waals surface area contributed by atoms with Gasteiger partial charge in [-0.1, -0.05) is 18.2 Å². The lowest BCUT2D eigenvalue weighted by Crippen LogP contribution is -2.47. The molecule has 38 heavy (non-hydrogen) atoms. The Hall–Kier alpha value is -4.68. The summed E-state index contributed by atoms with van der Waals surface area (Å²) in [5.74, 6) is 1.41. The molecule has 0 unspecified atom stereocenters. The van der Waals surface area contributed by atoms with Crippen molar-refractivity contribution < 1.29 is 4.74 Å². The van der Waals surface area contributed by atoms with E-state index in [1.54, 1.807) is 25.4 Å². The van der Waals surface area contributed by atoms with Crippen LogP contribution in [0.25, 0.3) is 27.5 Å². The summed E-state index contributed by atoms with van der Waals surface area (Å²) in [5.41, 5.74) is 3.05. The third-order valence-electron chi connectivity index (χ3n) is 6.70. The van der Waals surface area contributed by atoms with Crippen molar-refractivity contribution in [3.63, 3.8) is 0 Å². The molecular weight excluding hydrogens is 496 g/mol. The lowest BCUT2D eigenvalue weighted by atomic mass is 10.1. The highest BCUT2D eigenvalue weighted by molar-refractivity contribution is 7.19. The van der Waals surface area contributed by atoms with Gasteiger partial charge in [0, 0.05) is 38.1 Å². The van der Waals surface area contributed by atoms with Crippen molar-refractivity contribution in [1.29, 1.82) is 5.26 Å². The number of hydrogen-bond acceptors (Lipinski definition) is 8. The number of hydrogen-bond donors (Lipinski definition) is 0. The van der Waals surface area contributed by atoms with E-state index in [4.69, 9.17) is 9.72 Å². The van der Waals surface area contributed by atoms with Crippen LogP contribution in [0.2, 0.25) is 0 Å². The van der Waals surface area contributed by atoms with Crippen LogP contribution in [0.15, 0.2) is 77.7 Å². The molecule has 3 aromatic heterocycles. The van der Waals surface area contributed by atoms with E-state index in [1.165, 1.54) is 15.7 Å². The van der Waals surface area contributed by atoms with E-state index < -0.39 is 0 Å². The molecule has 0 amide bonds. The quantitative estimate of drug-likeness (QED) is 0.310. The number of allylic oxidation sites excluding steroid dienone is 1.